The molecule has 2 heterocycles. The SMILES string of the molecule is C=C1C(=O)O[C@H]2/C=C(/C)[C@@H](O)C[C@H](OC(C)=O)C3=C[C@@H](OC3=O)[C@H]12. The van der Waals surface area contributed by atoms with Crippen LogP contribution in [0.1, 0.15) is 20.3 Å². The molecule has 7 heteroatoms. The van der Waals surface area contributed by atoms with Crippen LogP contribution in [0, 0.1) is 5.92 Å². The van der Waals surface area contributed by atoms with Crippen LogP contribution in [0.2, 0.25) is 0 Å². The third-order valence-electron chi connectivity index (χ3n) is 4.48. The summed E-state index contributed by atoms with van der Waals surface area (Å²) in [5.74, 6) is -2.33. The normalized spacial score (nSPS) is 37.6. The summed E-state index contributed by atoms with van der Waals surface area (Å²) in [5, 5.41) is 10.3. The van der Waals surface area contributed by atoms with Gasteiger partial charge in [0.2, 0.25) is 0 Å². The topological polar surface area (TPSA) is 99.1 Å². The molecule has 1 N–H and O–H groups in total. The molecule has 0 aromatic carbocycles. The Hall–Kier alpha value is -2.41. The van der Waals surface area contributed by atoms with E-state index in [4.69, 9.17) is 14.2 Å². The number of rotatable bonds is 1. The van der Waals surface area contributed by atoms with E-state index in [0.29, 0.717) is 5.57 Å². The molecule has 0 radical (unpaired) electrons. The first-order valence-electron chi connectivity index (χ1n) is 7.64. The summed E-state index contributed by atoms with van der Waals surface area (Å²) in [6, 6.07) is 0. The van der Waals surface area contributed by atoms with E-state index in [9.17, 15) is 19.5 Å². The zero-order chi connectivity index (χ0) is 17.6. The van der Waals surface area contributed by atoms with Gasteiger partial charge in [0.25, 0.3) is 0 Å². The summed E-state index contributed by atoms with van der Waals surface area (Å²) in [7, 11) is 0. The second kappa shape index (κ2) is 5.90. The number of aliphatic hydroxyl groups is 1. The van der Waals surface area contributed by atoms with Crippen molar-refractivity contribution in [3.63, 3.8) is 0 Å². The number of hydrogen-bond donors (Lipinski definition) is 1. The molecule has 3 rings (SSSR count). The minimum atomic E-state index is -0.964. The maximum atomic E-state index is 12.2. The average Bonchev–Trinajstić information content (AvgIpc) is 2.98. The fourth-order valence-corrected chi connectivity index (χ4v) is 3.21. The van der Waals surface area contributed by atoms with E-state index < -0.39 is 48.2 Å². The Kier molecular flexibility index (Phi) is 4.04. The predicted octanol–water partition coefficient (Wildman–Crippen LogP) is 0.579. The van der Waals surface area contributed by atoms with Gasteiger partial charge in [0.15, 0.2) is 0 Å². The lowest BCUT2D eigenvalue weighted by atomic mass is 9.87. The van der Waals surface area contributed by atoms with Crippen LogP contribution in [0.5, 0.6) is 0 Å². The van der Waals surface area contributed by atoms with Crippen LogP contribution in [0.4, 0.5) is 0 Å². The van der Waals surface area contributed by atoms with Gasteiger partial charge >= 0.3 is 17.9 Å². The molecule has 0 aromatic rings. The first-order chi connectivity index (χ1) is 11.3. The summed E-state index contributed by atoms with van der Waals surface area (Å²) in [5.41, 5.74) is 0.923. The van der Waals surface area contributed by atoms with Gasteiger partial charge in [-0.2, -0.15) is 0 Å². The second-order valence-corrected chi connectivity index (χ2v) is 6.17. The second-order valence-electron chi connectivity index (χ2n) is 6.17. The van der Waals surface area contributed by atoms with Crippen molar-refractivity contribution in [3.05, 3.63) is 35.5 Å². The zero-order valence-corrected chi connectivity index (χ0v) is 13.4. The maximum absolute atomic E-state index is 12.2. The molecule has 0 amide bonds. The summed E-state index contributed by atoms with van der Waals surface area (Å²) < 4.78 is 15.8. The minimum Gasteiger partial charge on any atom is -0.457 e. The number of ether oxygens (including phenoxy) is 3. The molecule has 0 aromatic heterocycles. The monoisotopic (exact) mass is 334 g/mol. The molecular formula is C17H18O7. The largest absolute Gasteiger partial charge is 0.457 e. The van der Waals surface area contributed by atoms with Gasteiger partial charge in [-0.05, 0) is 24.6 Å². The van der Waals surface area contributed by atoms with Gasteiger partial charge in [-0.3, -0.25) is 4.79 Å². The highest BCUT2D eigenvalue weighted by Crippen LogP contribution is 2.38. The highest BCUT2D eigenvalue weighted by atomic mass is 16.6. The van der Waals surface area contributed by atoms with E-state index in [1.807, 2.05) is 0 Å². The van der Waals surface area contributed by atoms with E-state index in [0.717, 1.165) is 0 Å². The van der Waals surface area contributed by atoms with Crippen molar-refractivity contribution < 1.29 is 33.7 Å². The lowest BCUT2D eigenvalue weighted by molar-refractivity contribution is -0.148. The van der Waals surface area contributed by atoms with Crippen molar-refractivity contribution in [2.24, 2.45) is 5.92 Å². The third kappa shape index (κ3) is 2.75. The predicted molar refractivity (Wildman–Crippen MR) is 80.4 cm³/mol. The van der Waals surface area contributed by atoms with Gasteiger partial charge in [0, 0.05) is 18.9 Å². The van der Waals surface area contributed by atoms with E-state index in [1.54, 1.807) is 13.0 Å². The number of esters is 3. The Morgan fingerprint density at radius 2 is 1.88 bits per heavy atom. The van der Waals surface area contributed by atoms with Crippen molar-refractivity contribution in [2.45, 2.75) is 44.7 Å². The summed E-state index contributed by atoms with van der Waals surface area (Å²) in [6.45, 7) is 6.64. The summed E-state index contributed by atoms with van der Waals surface area (Å²) in [6.07, 6.45) is -0.105. The lowest BCUT2D eigenvalue weighted by Crippen LogP contribution is -2.29. The number of hydrogen-bond acceptors (Lipinski definition) is 7. The number of fused-ring (bicyclic) bond motifs is 3. The molecule has 5 atom stereocenters. The molecule has 24 heavy (non-hydrogen) atoms. The van der Waals surface area contributed by atoms with Crippen LogP contribution in [0.25, 0.3) is 0 Å². The van der Waals surface area contributed by atoms with Gasteiger partial charge in [0.1, 0.15) is 18.3 Å². The Morgan fingerprint density at radius 1 is 1.25 bits per heavy atom. The van der Waals surface area contributed by atoms with Crippen molar-refractivity contribution in [1.82, 2.24) is 0 Å². The van der Waals surface area contributed by atoms with Gasteiger partial charge in [-0.25, -0.2) is 9.59 Å². The quantitative estimate of drug-likeness (QED) is 0.324. The summed E-state index contributed by atoms with van der Waals surface area (Å²) in [4.78, 5) is 35.4. The molecule has 1 fully saturated rings. The number of aliphatic hydroxyl groups excluding tert-OH is 1. The van der Waals surface area contributed by atoms with Crippen LogP contribution >= 0.6 is 0 Å². The molecule has 0 saturated carbocycles. The number of carbonyl (C=O) groups excluding carboxylic acids is 3. The number of carbonyl (C=O) groups is 3. The van der Waals surface area contributed by atoms with E-state index in [1.165, 1.54) is 13.0 Å². The minimum absolute atomic E-state index is 0.0157. The van der Waals surface area contributed by atoms with Crippen LogP contribution in [0.15, 0.2) is 35.5 Å². The first kappa shape index (κ1) is 16.4. The van der Waals surface area contributed by atoms with Crippen LogP contribution < -0.4 is 0 Å². The molecule has 0 spiro atoms. The van der Waals surface area contributed by atoms with Crippen molar-refractivity contribution in [2.75, 3.05) is 0 Å². The highest BCUT2D eigenvalue weighted by molar-refractivity contribution is 5.94. The van der Waals surface area contributed by atoms with Crippen LogP contribution in [-0.4, -0.2) is 47.4 Å². The molecule has 1 saturated heterocycles. The fraction of sp³-hybridized carbons (Fsp3) is 0.471. The van der Waals surface area contributed by atoms with E-state index in [-0.39, 0.29) is 17.6 Å². The van der Waals surface area contributed by atoms with Gasteiger partial charge in [-0.1, -0.05) is 6.58 Å². The average molecular weight is 334 g/mol. The molecule has 2 aliphatic heterocycles. The van der Waals surface area contributed by atoms with Crippen molar-refractivity contribution in [3.8, 4) is 0 Å². The van der Waals surface area contributed by atoms with Crippen molar-refractivity contribution in [1.29, 1.82) is 0 Å². The Bertz CT molecular complexity index is 687. The van der Waals surface area contributed by atoms with Crippen LogP contribution in [-0.2, 0) is 28.6 Å². The smallest absolute Gasteiger partial charge is 0.338 e. The summed E-state index contributed by atoms with van der Waals surface area (Å²) >= 11 is 0. The molecule has 128 valence electrons. The van der Waals surface area contributed by atoms with E-state index >= 15 is 0 Å². The highest BCUT2D eigenvalue weighted by Gasteiger charge is 2.48. The molecule has 0 unspecified atom stereocenters. The van der Waals surface area contributed by atoms with Gasteiger partial charge in [0.05, 0.1) is 17.6 Å². The lowest BCUT2D eigenvalue weighted by Gasteiger charge is -2.23. The van der Waals surface area contributed by atoms with E-state index in [2.05, 4.69) is 6.58 Å². The van der Waals surface area contributed by atoms with Crippen molar-refractivity contribution >= 4 is 17.9 Å². The molecular weight excluding hydrogens is 316 g/mol. The van der Waals surface area contributed by atoms with Gasteiger partial charge < -0.3 is 19.3 Å². The Balaban J connectivity index is 2.04. The Labute approximate surface area is 138 Å². The molecule has 3 aliphatic rings. The molecule has 2 bridgehead atoms. The first-order valence-corrected chi connectivity index (χ1v) is 7.64. The molecule has 1 aliphatic carbocycles. The third-order valence-corrected chi connectivity index (χ3v) is 4.48. The standard InChI is InChI=1S/C17H18O7/c1-7-4-13-15(8(2)16(20)23-13)14-5-10(17(21)24-14)12(6-11(7)19)22-9(3)18/h4-5,11-15,19H,2,6H2,1,3H3/b7-4-/t11-,12-,13-,14+,15+/m0/s1. The fourth-order valence-electron chi connectivity index (χ4n) is 3.21. The van der Waals surface area contributed by atoms with Gasteiger partial charge in [-0.15, -0.1) is 0 Å². The van der Waals surface area contributed by atoms with Crippen LogP contribution in [0.3, 0.4) is 0 Å². The Morgan fingerprint density at radius 3 is 2.54 bits per heavy atom. The zero-order valence-electron chi connectivity index (χ0n) is 13.4. The molecule has 7 nitrogen and oxygen atoms in total. The maximum Gasteiger partial charge on any atom is 0.338 e.